The topological polar surface area (TPSA) is 50.4 Å². The summed E-state index contributed by atoms with van der Waals surface area (Å²) < 4.78 is 5.63. The van der Waals surface area contributed by atoms with E-state index in [1.54, 1.807) is 0 Å². The van der Waals surface area contributed by atoms with Crippen molar-refractivity contribution in [3.05, 3.63) is 35.9 Å². The first kappa shape index (κ1) is 19.8. The van der Waals surface area contributed by atoms with Crippen LogP contribution in [0.1, 0.15) is 78.7 Å². The van der Waals surface area contributed by atoms with E-state index in [0.29, 0.717) is 0 Å². The third kappa shape index (κ3) is 3.94. The first-order valence-electron chi connectivity index (χ1n) is 10.7. The lowest BCUT2D eigenvalue weighted by atomic mass is 9.40. The normalized spacial score (nSPS) is 39.0. The SMILES string of the molecule is CC12CC3(C)CC(NCc4ccccc4)(C1)CC(NC(=O)OC(C)(C)C)(C2)C3. The van der Waals surface area contributed by atoms with E-state index in [1.165, 1.54) is 24.8 Å². The molecule has 0 saturated heterocycles. The summed E-state index contributed by atoms with van der Waals surface area (Å²) in [6.45, 7) is 11.5. The number of alkyl carbamates (subject to hydrolysis) is 1. The lowest BCUT2D eigenvalue weighted by molar-refractivity contribution is -0.139. The maximum atomic E-state index is 12.7. The van der Waals surface area contributed by atoms with Crippen molar-refractivity contribution in [2.45, 2.75) is 96.4 Å². The molecule has 4 fully saturated rings. The summed E-state index contributed by atoms with van der Waals surface area (Å²) in [6.07, 6.45) is 6.50. The van der Waals surface area contributed by atoms with Crippen LogP contribution in [-0.4, -0.2) is 22.8 Å². The number of nitrogens with one attached hydrogen (secondary N) is 2. The fourth-order valence-corrected chi connectivity index (χ4v) is 7.42. The Balaban J connectivity index is 1.57. The Labute approximate surface area is 169 Å². The fourth-order valence-electron chi connectivity index (χ4n) is 7.42. The number of rotatable bonds is 4. The summed E-state index contributed by atoms with van der Waals surface area (Å²) in [6, 6.07) is 10.6. The van der Waals surface area contributed by atoms with E-state index in [0.717, 1.165) is 25.8 Å². The largest absolute Gasteiger partial charge is 0.444 e. The first-order valence-corrected chi connectivity index (χ1v) is 10.7. The van der Waals surface area contributed by atoms with Gasteiger partial charge >= 0.3 is 6.09 Å². The van der Waals surface area contributed by atoms with Crippen LogP contribution in [0.5, 0.6) is 0 Å². The Hall–Kier alpha value is -1.55. The molecule has 0 aliphatic heterocycles. The molecule has 4 aliphatic carbocycles. The maximum absolute atomic E-state index is 12.7. The molecular weight excluding hydrogens is 348 g/mol. The van der Waals surface area contributed by atoms with Gasteiger partial charge in [0.1, 0.15) is 5.60 Å². The van der Waals surface area contributed by atoms with Crippen LogP contribution in [0.2, 0.25) is 0 Å². The molecule has 0 heterocycles. The predicted molar refractivity (Wildman–Crippen MR) is 112 cm³/mol. The third-order valence-corrected chi connectivity index (χ3v) is 6.87. The first-order chi connectivity index (χ1) is 12.9. The van der Waals surface area contributed by atoms with E-state index in [4.69, 9.17) is 4.74 Å². The molecule has 5 rings (SSSR count). The quantitative estimate of drug-likeness (QED) is 0.753. The van der Waals surface area contributed by atoms with Crippen LogP contribution in [0.3, 0.4) is 0 Å². The standard InChI is InChI=1S/C24H36N2O2/c1-20(2,3)28-19(27)26-24-15-21(4)12-22(5,16-24)14-23(13-21,17-24)25-11-18-9-7-6-8-10-18/h6-10,25H,11-17H2,1-5H3,(H,26,27). The highest BCUT2D eigenvalue weighted by Gasteiger charge is 2.66. The number of carbonyl (C=O) groups excluding carboxylic acids is 1. The lowest BCUT2D eigenvalue weighted by Crippen LogP contribution is -2.73. The van der Waals surface area contributed by atoms with Gasteiger partial charge in [-0.25, -0.2) is 4.79 Å². The second kappa shape index (κ2) is 6.22. The van der Waals surface area contributed by atoms with Gasteiger partial charge in [-0.2, -0.15) is 0 Å². The summed E-state index contributed by atoms with van der Waals surface area (Å²) >= 11 is 0. The summed E-state index contributed by atoms with van der Waals surface area (Å²) in [5, 5.41) is 7.30. The van der Waals surface area contributed by atoms with E-state index in [1.807, 2.05) is 20.8 Å². The van der Waals surface area contributed by atoms with Crippen molar-refractivity contribution < 1.29 is 9.53 Å². The van der Waals surface area contributed by atoms with Crippen LogP contribution in [-0.2, 0) is 11.3 Å². The minimum atomic E-state index is -0.469. The van der Waals surface area contributed by atoms with Gasteiger partial charge in [0.25, 0.3) is 0 Å². The molecule has 2 unspecified atom stereocenters. The average molecular weight is 385 g/mol. The number of ether oxygens (including phenoxy) is 1. The number of hydrogen-bond acceptors (Lipinski definition) is 3. The van der Waals surface area contributed by atoms with Gasteiger partial charge in [0.15, 0.2) is 0 Å². The van der Waals surface area contributed by atoms with Gasteiger partial charge in [0, 0.05) is 17.6 Å². The van der Waals surface area contributed by atoms with Crippen molar-refractivity contribution in [3.8, 4) is 0 Å². The zero-order valence-corrected chi connectivity index (χ0v) is 18.2. The Morgan fingerprint density at radius 1 is 0.929 bits per heavy atom. The molecule has 28 heavy (non-hydrogen) atoms. The molecule has 4 nitrogen and oxygen atoms in total. The molecule has 2 atom stereocenters. The molecule has 2 N–H and O–H groups in total. The number of hydrogen-bond donors (Lipinski definition) is 2. The van der Waals surface area contributed by atoms with E-state index in [2.05, 4.69) is 54.8 Å². The number of amides is 1. The van der Waals surface area contributed by atoms with Gasteiger partial charge in [0.2, 0.25) is 0 Å². The minimum absolute atomic E-state index is 0.0864. The molecule has 0 spiro atoms. The second-order valence-corrected chi connectivity index (χ2v) is 11.7. The van der Waals surface area contributed by atoms with Crippen molar-refractivity contribution >= 4 is 6.09 Å². The Morgan fingerprint density at radius 2 is 1.50 bits per heavy atom. The summed E-state index contributed by atoms with van der Waals surface area (Å²) in [5.41, 5.74) is 1.31. The van der Waals surface area contributed by atoms with E-state index >= 15 is 0 Å². The molecule has 1 aromatic carbocycles. The van der Waals surface area contributed by atoms with Crippen molar-refractivity contribution in [1.82, 2.24) is 10.6 Å². The highest BCUT2D eigenvalue weighted by atomic mass is 16.6. The maximum Gasteiger partial charge on any atom is 0.408 e. The monoisotopic (exact) mass is 384 g/mol. The fraction of sp³-hybridized carbons (Fsp3) is 0.708. The van der Waals surface area contributed by atoms with E-state index in [9.17, 15) is 4.79 Å². The summed E-state index contributed by atoms with van der Waals surface area (Å²) in [4.78, 5) is 12.7. The van der Waals surface area contributed by atoms with Gasteiger partial charge in [0.05, 0.1) is 0 Å². The van der Waals surface area contributed by atoms with Crippen molar-refractivity contribution in [3.63, 3.8) is 0 Å². The van der Waals surface area contributed by atoms with Crippen molar-refractivity contribution in [2.24, 2.45) is 10.8 Å². The van der Waals surface area contributed by atoms with Gasteiger partial charge in [-0.05, 0) is 75.7 Å². The molecule has 4 aliphatic rings. The molecule has 4 heteroatoms. The van der Waals surface area contributed by atoms with Crippen LogP contribution >= 0.6 is 0 Å². The van der Waals surface area contributed by atoms with Gasteiger partial charge in [-0.3, -0.25) is 0 Å². The average Bonchev–Trinajstić information content (AvgIpc) is 2.48. The highest BCUT2D eigenvalue weighted by molar-refractivity contribution is 5.69. The molecule has 1 amide bonds. The third-order valence-electron chi connectivity index (χ3n) is 6.87. The van der Waals surface area contributed by atoms with Gasteiger partial charge in [-0.1, -0.05) is 44.2 Å². The van der Waals surface area contributed by atoms with E-state index in [-0.39, 0.29) is 28.0 Å². The molecule has 1 aromatic rings. The lowest BCUT2D eigenvalue weighted by Gasteiger charge is -2.69. The molecule has 154 valence electrons. The Morgan fingerprint density at radius 3 is 2.07 bits per heavy atom. The zero-order valence-electron chi connectivity index (χ0n) is 18.2. The molecule has 0 aromatic heterocycles. The highest BCUT2D eigenvalue weighted by Crippen LogP contribution is 2.67. The van der Waals surface area contributed by atoms with Crippen LogP contribution in [0.15, 0.2) is 30.3 Å². The van der Waals surface area contributed by atoms with Crippen LogP contribution in [0, 0.1) is 10.8 Å². The molecule has 4 bridgehead atoms. The molecule has 0 radical (unpaired) electrons. The zero-order chi connectivity index (χ0) is 20.3. The van der Waals surface area contributed by atoms with Crippen LogP contribution in [0.25, 0.3) is 0 Å². The Kier molecular flexibility index (Phi) is 4.39. The molecular formula is C24H36N2O2. The molecule has 4 saturated carbocycles. The predicted octanol–water partition coefficient (Wildman–Crippen LogP) is 5.17. The van der Waals surface area contributed by atoms with Crippen LogP contribution in [0.4, 0.5) is 4.79 Å². The minimum Gasteiger partial charge on any atom is -0.444 e. The van der Waals surface area contributed by atoms with E-state index < -0.39 is 5.60 Å². The number of benzene rings is 1. The summed E-state index contributed by atoms with van der Waals surface area (Å²) in [5.74, 6) is 0. The summed E-state index contributed by atoms with van der Waals surface area (Å²) in [7, 11) is 0. The number of carbonyl (C=O) groups is 1. The van der Waals surface area contributed by atoms with Crippen molar-refractivity contribution in [2.75, 3.05) is 0 Å². The van der Waals surface area contributed by atoms with Crippen LogP contribution < -0.4 is 10.6 Å². The van der Waals surface area contributed by atoms with Crippen molar-refractivity contribution in [1.29, 1.82) is 0 Å². The second-order valence-electron chi connectivity index (χ2n) is 11.7. The van der Waals surface area contributed by atoms with Gasteiger partial charge < -0.3 is 15.4 Å². The smallest absolute Gasteiger partial charge is 0.408 e. The Bertz CT molecular complexity index is 734. The van der Waals surface area contributed by atoms with Gasteiger partial charge in [-0.15, -0.1) is 0 Å².